The fourth-order valence-corrected chi connectivity index (χ4v) is 1.27. The average molecular weight is 238 g/mol. The van der Waals surface area contributed by atoms with Gasteiger partial charge in [0, 0.05) is 13.1 Å². The van der Waals surface area contributed by atoms with Crippen LogP contribution in [0.1, 0.15) is 0 Å². The van der Waals surface area contributed by atoms with E-state index in [2.05, 4.69) is 0 Å². The zero-order valence-electron chi connectivity index (χ0n) is 10.2. The van der Waals surface area contributed by atoms with E-state index in [1.807, 2.05) is 18.2 Å². The van der Waals surface area contributed by atoms with Crippen molar-refractivity contribution in [2.75, 3.05) is 33.9 Å². The number of methoxy groups -OCH3 is 1. The van der Waals surface area contributed by atoms with Gasteiger partial charge in [0.05, 0.1) is 20.2 Å². The molecule has 17 heavy (non-hydrogen) atoms. The summed E-state index contributed by atoms with van der Waals surface area (Å²) in [5.74, 6) is 1.37. The maximum atomic E-state index is 11.2. The first-order valence-corrected chi connectivity index (χ1v) is 5.38. The zero-order valence-corrected chi connectivity index (χ0v) is 10.2. The Morgan fingerprint density at radius 3 is 2.76 bits per heavy atom. The summed E-state index contributed by atoms with van der Waals surface area (Å²) in [5.41, 5.74) is 5.25. The number of nitrogens with zero attached hydrogens (tertiary/aromatic N) is 1. The molecule has 1 rings (SSSR count). The summed E-state index contributed by atoms with van der Waals surface area (Å²) >= 11 is 0. The molecular weight excluding hydrogens is 220 g/mol. The van der Waals surface area contributed by atoms with Crippen molar-refractivity contribution in [2.24, 2.45) is 5.73 Å². The maximum absolute atomic E-state index is 11.2. The van der Waals surface area contributed by atoms with Crippen molar-refractivity contribution >= 4 is 5.91 Å². The number of carbonyl (C=O) groups excluding carboxylic acids is 1. The Labute approximate surface area is 101 Å². The van der Waals surface area contributed by atoms with Crippen LogP contribution in [-0.4, -0.2) is 44.7 Å². The van der Waals surface area contributed by atoms with Crippen LogP contribution in [0.3, 0.4) is 0 Å². The SMILES string of the molecule is COc1cccc(OCCN(C)C(=O)CN)c1. The van der Waals surface area contributed by atoms with Gasteiger partial charge < -0.3 is 20.1 Å². The van der Waals surface area contributed by atoms with E-state index in [1.165, 1.54) is 0 Å². The number of benzene rings is 1. The lowest BCUT2D eigenvalue weighted by Gasteiger charge is -2.16. The fourth-order valence-electron chi connectivity index (χ4n) is 1.27. The number of hydrogen-bond donors (Lipinski definition) is 1. The van der Waals surface area contributed by atoms with Crippen molar-refractivity contribution in [1.29, 1.82) is 0 Å². The third kappa shape index (κ3) is 4.32. The van der Waals surface area contributed by atoms with Crippen molar-refractivity contribution in [2.45, 2.75) is 0 Å². The third-order valence-electron chi connectivity index (χ3n) is 2.34. The summed E-state index contributed by atoms with van der Waals surface area (Å²) in [6.45, 7) is 0.957. The molecule has 0 saturated heterocycles. The number of amides is 1. The van der Waals surface area contributed by atoms with Crippen LogP contribution >= 0.6 is 0 Å². The molecule has 0 fully saturated rings. The van der Waals surface area contributed by atoms with Crippen molar-refractivity contribution in [3.63, 3.8) is 0 Å². The Morgan fingerprint density at radius 1 is 1.41 bits per heavy atom. The molecule has 1 aromatic rings. The largest absolute Gasteiger partial charge is 0.497 e. The molecule has 1 aromatic carbocycles. The summed E-state index contributed by atoms with van der Waals surface area (Å²) in [6.07, 6.45) is 0. The molecule has 94 valence electrons. The summed E-state index contributed by atoms with van der Waals surface area (Å²) < 4.78 is 10.6. The van der Waals surface area contributed by atoms with Crippen molar-refractivity contribution < 1.29 is 14.3 Å². The molecule has 0 spiro atoms. The second kappa shape index (κ2) is 6.75. The molecule has 0 aliphatic heterocycles. The van der Waals surface area contributed by atoms with Crippen LogP contribution < -0.4 is 15.2 Å². The Balaban J connectivity index is 2.37. The van der Waals surface area contributed by atoms with Gasteiger partial charge in [0.1, 0.15) is 18.1 Å². The lowest BCUT2D eigenvalue weighted by atomic mass is 10.3. The highest BCUT2D eigenvalue weighted by molar-refractivity contribution is 5.77. The van der Waals surface area contributed by atoms with Gasteiger partial charge in [-0.05, 0) is 12.1 Å². The van der Waals surface area contributed by atoms with Crippen LogP contribution in [0.2, 0.25) is 0 Å². The molecule has 1 amide bonds. The Morgan fingerprint density at radius 2 is 2.12 bits per heavy atom. The van der Waals surface area contributed by atoms with E-state index >= 15 is 0 Å². The molecule has 2 N–H and O–H groups in total. The predicted molar refractivity (Wildman–Crippen MR) is 65.2 cm³/mol. The summed E-state index contributed by atoms with van der Waals surface area (Å²) in [7, 11) is 3.30. The molecule has 0 unspecified atom stereocenters. The number of ether oxygens (including phenoxy) is 2. The molecule has 0 bridgehead atoms. The molecule has 0 aliphatic rings. The molecule has 0 aliphatic carbocycles. The zero-order chi connectivity index (χ0) is 12.7. The minimum absolute atomic E-state index is 0.0235. The van der Waals surface area contributed by atoms with Gasteiger partial charge in [-0.25, -0.2) is 0 Å². The minimum atomic E-state index is -0.0979. The topological polar surface area (TPSA) is 64.8 Å². The quantitative estimate of drug-likeness (QED) is 0.783. The monoisotopic (exact) mass is 238 g/mol. The van der Waals surface area contributed by atoms with Gasteiger partial charge in [-0.15, -0.1) is 0 Å². The van der Waals surface area contributed by atoms with E-state index in [0.29, 0.717) is 13.2 Å². The number of rotatable bonds is 6. The van der Waals surface area contributed by atoms with Gasteiger partial charge in [-0.1, -0.05) is 6.07 Å². The number of nitrogens with two attached hydrogens (primary N) is 1. The van der Waals surface area contributed by atoms with Gasteiger partial charge in [-0.2, -0.15) is 0 Å². The molecule has 0 saturated carbocycles. The van der Waals surface area contributed by atoms with Crippen LogP contribution in [0.25, 0.3) is 0 Å². The Bertz CT molecular complexity index is 369. The third-order valence-corrected chi connectivity index (χ3v) is 2.34. The molecule has 0 radical (unpaired) electrons. The highest BCUT2D eigenvalue weighted by Gasteiger charge is 2.05. The highest BCUT2D eigenvalue weighted by Crippen LogP contribution is 2.18. The summed E-state index contributed by atoms with van der Waals surface area (Å²) in [4.78, 5) is 12.7. The van der Waals surface area contributed by atoms with Crippen molar-refractivity contribution in [1.82, 2.24) is 4.90 Å². The predicted octanol–water partition coefficient (Wildman–Crippen LogP) is 0.491. The summed E-state index contributed by atoms with van der Waals surface area (Å²) in [5, 5.41) is 0. The Hall–Kier alpha value is -1.75. The van der Waals surface area contributed by atoms with Crippen LogP contribution in [-0.2, 0) is 4.79 Å². The van der Waals surface area contributed by atoms with E-state index in [-0.39, 0.29) is 12.5 Å². The second-order valence-electron chi connectivity index (χ2n) is 3.55. The van der Waals surface area contributed by atoms with Gasteiger partial charge in [-0.3, -0.25) is 4.79 Å². The maximum Gasteiger partial charge on any atom is 0.236 e. The van der Waals surface area contributed by atoms with Gasteiger partial charge in [0.25, 0.3) is 0 Å². The minimum Gasteiger partial charge on any atom is -0.497 e. The molecule has 5 heteroatoms. The van der Waals surface area contributed by atoms with E-state index < -0.39 is 0 Å². The first-order chi connectivity index (χ1) is 8.17. The van der Waals surface area contributed by atoms with Gasteiger partial charge in [0.15, 0.2) is 0 Å². The average Bonchev–Trinajstić information content (AvgIpc) is 2.37. The fraction of sp³-hybridized carbons (Fsp3) is 0.417. The van der Waals surface area contributed by atoms with E-state index in [0.717, 1.165) is 11.5 Å². The number of likely N-dealkylation sites (N-methyl/N-ethyl adjacent to an activating group) is 1. The van der Waals surface area contributed by atoms with Crippen LogP contribution in [0.15, 0.2) is 24.3 Å². The van der Waals surface area contributed by atoms with Crippen molar-refractivity contribution in [3.8, 4) is 11.5 Å². The highest BCUT2D eigenvalue weighted by atomic mass is 16.5. The second-order valence-corrected chi connectivity index (χ2v) is 3.55. The van der Waals surface area contributed by atoms with Crippen LogP contribution in [0, 0.1) is 0 Å². The standard InChI is InChI=1S/C12H18N2O3/c1-14(12(15)9-13)6-7-17-11-5-3-4-10(8-11)16-2/h3-5,8H,6-7,9,13H2,1-2H3. The van der Waals surface area contributed by atoms with Crippen LogP contribution in [0.4, 0.5) is 0 Å². The first kappa shape index (κ1) is 13.3. The molecule has 5 nitrogen and oxygen atoms in total. The lowest BCUT2D eigenvalue weighted by molar-refractivity contribution is -0.128. The van der Waals surface area contributed by atoms with Gasteiger partial charge in [0.2, 0.25) is 5.91 Å². The molecular formula is C12H18N2O3. The van der Waals surface area contributed by atoms with Crippen molar-refractivity contribution in [3.05, 3.63) is 24.3 Å². The van der Waals surface area contributed by atoms with E-state index in [1.54, 1.807) is 25.1 Å². The van der Waals surface area contributed by atoms with Gasteiger partial charge >= 0.3 is 0 Å². The number of carbonyl (C=O) groups is 1. The van der Waals surface area contributed by atoms with E-state index in [4.69, 9.17) is 15.2 Å². The first-order valence-electron chi connectivity index (χ1n) is 5.38. The van der Waals surface area contributed by atoms with Crippen LogP contribution in [0.5, 0.6) is 11.5 Å². The van der Waals surface area contributed by atoms with E-state index in [9.17, 15) is 4.79 Å². The molecule has 0 heterocycles. The molecule has 0 atom stereocenters. The molecule has 0 aromatic heterocycles. The summed E-state index contributed by atoms with van der Waals surface area (Å²) in [6, 6.07) is 7.33. The Kier molecular flexibility index (Phi) is 5.29. The normalized spacial score (nSPS) is 9.82. The lowest BCUT2D eigenvalue weighted by Crippen LogP contribution is -2.35. The number of hydrogen-bond acceptors (Lipinski definition) is 4. The smallest absolute Gasteiger partial charge is 0.236 e.